The van der Waals surface area contributed by atoms with Crippen molar-refractivity contribution >= 4 is 13.7 Å². The molecule has 0 aromatic rings. The van der Waals surface area contributed by atoms with Gasteiger partial charge in [-0.2, -0.15) is 0 Å². The molecule has 1 amide bonds. The van der Waals surface area contributed by atoms with Gasteiger partial charge in [0.25, 0.3) is 0 Å². The van der Waals surface area contributed by atoms with Gasteiger partial charge >= 0.3 is 7.82 Å². The van der Waals surface area contributed by atoms with Crippen LogP contribution < -0.4 is 5.32 Å². The molecule has 8 atom stereocenters. The standard InChI is InChI=1S/C57H108NO12P/c1-3-5-7-9-11-13-15-17-19-21-23-25-26-28-30-32-34-36-38-40-42-44-48(59)46-51(61)58-49(47-69-71(67,68)70-57-55(65)53(63)52(62)54(64)56(57)66)50(60)45-43-41-39-37-35-33-31-29-27-24-22-20-18-16-14-12-10-8-6-4-2/h23,25,28,30,43,45,48-50,52-57,59-60,62-66H,3-22,24,26-27,29,31-42,44,46-47H2,1-2H3,(H,58,61)(H,67,68)/b25-23-,30-28-,45-43+. The van der Waals surface area contributed by atoms with Crippen molar-refractivity contribution in [2.45, 2.75) is 313 Å². The van der Waals surface area contributed by atoms with Crippen molar-refractivity contribution in [3.63, 3.8) is 0 Å². The summed E-state index contributed by atoms with van der Waals surface area (Å²) in [5.41, 5.74) is 0. The molecule has 418 valence electrons. The van der Waals surface area contributed by atoms with Crippen LogP contribution in [-0.4, -0.2) is 108 Å². The number of nitrogens with one attached hydrogen (secondary N) is 1. The number of carbonyl (C=O) groups excluding carboxylic acids is 1. The lowest BCUT2D eigenvalue weighted by Gasteiger charge is -2.41. The molecule has 0 radical (unpaired) electrons. The average Bonchev–Trinajstić information content (AvgIpc) is 3.35. The van der Waals surface area contributed by atoms with Gasteiger partial charge in [0.05, 0.1) is 31.3 Å². The highest BCUT2D eigenvalue weighted by molar-refractivity contribution is 7.47. The van der Waals surface area contributed by atoms with Crippen molar-refractivity contribution in [2.75, 3.05) is 6.61 Å². The summed E-state index contributed by atoms with van der Waals surface area (Å²) in [6.45, 7) is 3.78. The number of amides is 1. The molecular formula is C57H108NO12P. The Balaban J connectivity index is 2.43. The van der Waals surface area contributed by atoms with Gasteiger partial charge in [-0.25, -0.2) is 4.57 Å². The molecule has 1 saturated carbocycles. The minimum atomic E-state index is -5.15. The minimum absolute atomic E-state index is 0.253. The number of allylic oxidation sites excluding steroid dienone is 5. The Morgan fingerprint density at radius 1 is 0.507 bits per heavy atom. The van der Waals surface area contributed by atoms with Gasteiger partial charge in [-0.3, -0.25) is 13.8 Å². The zero-order chi connectivity index (χ0) is 52.2. The lowest BCUT2D eigenvalue weighted by Crippen LogP contribution is -2.64. The third-order valence-electron chi connectivity index (χ3n) is 14.0. The summed E-state index contributed by atoms with van der Waals surface area (Å²) >= 11 is 0. The van der Waals surface area contributed by atoms with E-state index >= 15 is 0 Å². The number of carbonyl (C=O) groups is 1. The lowest BCUT2D eigenvalue weighted by molar-refractivity contribution is -0.220. The molecule has 0 aromatic carbocycles. The zero-order valence-corrected chi connectivity index (χ0v) is 45.8. The summed E-state index contributed by atoms with van der Waals surface area (Å²) in [6.07, 6.45) is 42.2. The Morgan fingerprint density at radius 3 is 1.27 bits per heavy atom. The van der Waals surface area contributed by atoms with Crippen LogP contribution in [0.4, 0.5) is 0 Å². The van der Waals surface area contributed by atoms with E-state index in [9.17, 15) is 50.0 Å². The third kappa shape index (κ3) is 37.0. The summed E-state index contributed by atoms with van der Waals surface area (Å²) in [5, 5.41) is 74.9. The number of unbranched alkanes of at least 4 members (excludes halogenated alkanes) is 32. The van der Waals surface area contributed by atoms with Gasteiger partial charge in [-0.05, 0) is 51.4 Å². The monoisotopic (exact) mass is 1030 g/mol. The lowest BCUT2D eigenvalue weighted by atomic mass is 9.85. The first-order chi connectivity index (χ1) is 34.3. The second-order valence-corrected chi connectivity index (χ2v) is 22.1. The molecule has 9 N–H and O–H groups in total. The molecule has 1 rings (SSSR count). The second-order valence-electron chi connectivity index (χ2n) is 20.7. The van der Waals surface area contributed by atoms with E-state index in [0.29, 0.717) is 12.8 Å². The fourth-order valence-electron chi connectivity index (χ4n) is 9.27. The van der Waals surface area contributed by atoms with Crippen LogP contribution in [0.5, 0.6) is 0 Å². The van der Waals surface area contributed by atoms with Crippen molar-refractivity contribution in [1.29, 1.82) is 0 Å². The molecular weight excluding hydrogens is 922 g/mol. The van der Waals surface area contributed by atoms with Crippen molar-refractivity contribution in [2.24, 2.45) is 0 Å². The molecule has 0 bridgehead atoms. The topological polar surface area (TPSA) is 226 Å². The highest BCUT2D eigenvalue weighted by Crippen LogP contribution is 2.47. The van der Waals surface area contributed by atoms with Crippen LogP contribution >= 0.6 is 7.82 Å². The smallest absolute Gasteiger partial charge is 0.393 e. The Morgan fingerprint density at radius 2 is 0.859 bits per heavy atom. The SMILES string of the molecule is CCCCCCCCCCC/C=C\C/C=C\CCCCCCCC(O)CC(=O)NC(COP(=O)(O)OC1C(O)C(O)C(O)C(O)C1O)C(O)/C=C/CCCCCCCCCCCCCCCCCCCC. The van der Waals surface area contributed by atoms with Crippen LogP contribution in [0.3, 0.4) is 0 Å². The van der Waals surface area contributed by atoms with Crippen LogP contribution in [-0.2, 0) is 18.4 Å². The van der Waals surface area contributed by atoms with Crippen LogP contribution in [0.15, 0.2) is 36.5 Å². The van der Waals surface area contributed by atoms with Crippen LogP contribution in [0.25, 0.3) is 0 Å². The average molecular weight is 1030 g/mol. The zero-order valence-electron chi connectivity index (χ0n) is 44.9. The molecule has 1 aliphatic carbocycles. The third-order valence-corrected chi connectivity index (χ3v) is 15.0. The number of aliphatic hydroxyl groups is 7. The van der Waals surface area contributed by atoms with Crippen LogP contribution in [0, 0.1) is 0 Å². The van der Waals surface area contributed by atoms with E-state index < -0.39 is 75.2 Å². The molecule has 1 aliphatic rings. The molecule has 0 heterocycles. The van der Waals surface area contributed by atoms with Gasteiger partial charge in [-0.15, -0.1) is 0 Å². The normalized spacial score (nSPS) is 21.9. The molecule has 71 heavy (non-hydrogen) atoms. The van der Waals surface area contributed by atoms with Crippen molar-refractivity contribution < 1.29 is 59.0 Å². The first-order valence-corrected chi connectivity index (χ1v) is 30.5. The second kappa shape index (κ2) is 45.9. The van der Waals surface area contributed by atoms with Gasteiger partial charge in [0, 0.05) is 0 Å². The van der Waals surface area contributed by atoms with Gasteiger partial charge in [0.2, 0.25) is 5.91 Å². The van der Waals surface area contributed by atoms with Gasteiger partial charge in [0.1, 0.15) is 36.6 Å². The molecule has 0 spiro atoms. The van der Waals surface area contributed by atoms with Crippen LogP contribution in [0.1, 0.15) is 258 Å². The number of hydrogen-bond donors (Lipinski definition) is 9. The largest absolute Gasteiger partial charge is 0.472 e. The quantitative estimate of drug-likeness (QED) is 0.0158. The Hall–Kier alpha value is -1.48. The predicted octanol–water partition coefficient (Wildman–Crippen LogP) is 12.0. The minimum Gasteiger partial charge on any atom is -0.393 e. The molecule has 0 saturated heterocycles. The van der Waals surface area contributed by atoms with E-state index in [4.69, 9.17) is 9.05 Å². The summed E-state index contributed by atoms with van der Waals surface area (Å²) in [6, 6.07) is -1.25. The molecule has 8 unspecified atom stereocenters. The summed E-state index contributed by atoms with van der Waals surface area (Å²) in [4.78, 5) is 23.6. The fourth-order valence-corrected chi connectivity index (χ4v) is 10.2. The fraction of sp³-hybridized carbons (Fsp3) is 0.877. The first-order valence-electron chi connectivity index (χ1n) is 29.0. The maximum Gasteiger partial charge on any atom is 0.472 e. The molecule has 13 nitrogen and oxygen atoms in total. The molecule has 0 aromatic heterocycles. The van der Waals surface area contributed by atoms with Gasteiger partial charge in [-0.1, -0.05) is 237 Å². The molecule has 14 heteroatoms. The molecule has 1 fully saturated rings. The highest BCUT2D eigenvalue weighted by atomic mass is 31.2. The van der Waals surface area contributed by atoms with Crippen molar-refractivity contribution in [3.05, 3.63) is 36.5 Å². The van der Waals surface area contributed by atoms with E-state index in [1.807, 2.05) is 0 Å². The van der Waals surface area contributed by atoms with E-state index in [0.717, 1.165) is 64.2 Å². The maximum atomic E-state index is 13.1. The number of phosphoric acid groups is 1. The summed E-state index contributed by atoms with van der Waals surface area (Å²) in [7, 11) is -5.15. The van der Waals surface area contributed by atoms with E-state index in [1.54, 1.807) is 6.08 Å². The number of aliphatic hydroxyl groups excluding tert-OH is 7. The van der Waals surface area contributed by atoms with E-state index in [-0.39, 0.29) is 6.42 Å². The van der Waals surface area contributed by atoms with Gasteiger partial charge < -0.3 is 46.0 Å². The highest BCUT2D eigenvalue weighted by Gasteiger charge is 2.51. The predicted molar refractivity (Wildman–Crippen MR) is 289 cm³/mol. The van der Waals surface area contributed by atoms with E-state index in [2.05, 4.69) is 43.5 Å². The Bertz CT molecular complexity index is 1350. The summed E-state index contributed by atoms with van der Waals surface area (Å²) < 4.78 is 23.0. The maximum absolute atomic E-state index is 13.1. The van der Waals surface area contributed by atoms with E-state index in [1.165, 1.54) is 167 Å². The van der Waals surface area contributed by atoms with Crippen molar-refractivity contribution in [1.82, 2.24) is 5.32 Å². The summed E-state index contributed by atoms with van der Waals surface area (Å²) in [5.74, 6) is -0.598. The first kappa shape index (κ1) is 67.5. The number of rotatable bonds is 49. The molecule has 0 aliphatic heterocycles. The Kier molecular flexibility index (Phi) is 43.6. The Labute approximate surface area is 432 Å². The van der Waals surface area contributed by atoms with Crippen LogP contribution in [0.2, 0.25) is 0 Å². The number of hydrogen-bond acceptors (Lipinski definition) is 11. The number of phosphoric ester groups is 1. The van der Waals surface area contributed by atoms with Gasteiger partial charge in [0.15, 0.2) is 0 Å². The van der Waals surface area contributed by atoms with Crippen molar-refractivity contribution in [3.8, 4) is 0 Å².